The number of amides is 2. The summed E-state index contributed by atoms with van der Waals surface area (Å²) in [6.45, 7) is 4.54. The lowest BCUT2D eigenvalue weighted by molar-refractivity contribution is 0.251. The van der Waals surface area contributed by atoms with E-state index in [1.54, 1.807) is 0 Å². The van der Waals surface area contributed by atoms with Crippen LogP contribution in [0.25, 0.3) is 10.9 Å². The Labute approximate surface area is 133 Å². The summed E-state index contributed by atoms with van der Waals surface area (Å²) >= 11 is 0. The first kappa shape index (κ1) is 15.1. The number of H-pyrrole nitrogens is 1. The van der Waals surface area contributed by atoms with Gasteiger partial charge in [0.1, 0.15) is 5.82 Å². The number of nitrogens with one attached hydrogen (secondary N) is 3. The highest BCUT2D eigenvalue weighted by atomic mass is 19.1. The third kappa shape index (κ3) is 3.34. The summed E-state index contributed by atoms with van der Waals surface area (Å²) < 4.78 is 12.8. The van der Waals surface area contributed by atoms with E-state index in [-0.39, 0.29) is 11.8 Å². The van der Waals surface area contributed by atoms with Crippen molar-refractivity contribution in [2.24, 2.45) is 0 Å². The van der Waals surface area contributed by atoms with Gasteiger partial charge in [-0.25, -0.2) is 9.18 Å². The van der Waals surface area contributed by atoms with Gasteiger partial charge in [-0.2, -0.15) is 0 Å². The van der Waals surface area contributed by atoms with Gasteiger partial charge in [-0.15, -0.1) is 0 Å². The highest BCUT2D eigenvalue weighted by Crippen LogP contribution is 2.22. The van der Waals surface area contributed by atoms with E-state index in [1.807, 2.05) is 19.1 Å². The van der Waals surface area contributed by atoms with Gasteiger partial charge in [0.25, 0.3) is 0 Å². The van der Waals surface area contributed by atoms with Crippen LogP contribution in [0.3, 0.4) is 0 Å². The number of anilines is 1. The molecule has 0 fully saturated rings. The van der Waals surface area contributed by atoms with Crippen molar-refractivity contribution in [3.05, 3.63) is 65.1 Å². The molecule has 118 valence electrons. The predicted molar refractivity (Wildman–Crippen MR) is 90.0 cm³/mol. The Morgan fingerprint density at radius 3 is 2.61 bits per heavy atom. The van der Waals surface area contributed by atoms with Crippen LogP contribution in [0, 0.1) is 19.7 Å². The second kappa shape index (κ2) is 6.12. The number of rotatable bonds is 3. The fourth-order valence-corrected chi connectivity index (χ4v) is 2.51. The lowest BCUT2D eigenvalue weighted by atomic mass is 10.1. The van der Waals surface area contributed by atoms with Gasteiger partial charge in [-0.05, 0) is 61.4 Å². The molecule has 3 rings (SSSR count). The summed E-state index contributed by atoms with van der Waals surface area (Å²) in [5.74, 6) is -0.332. The van der Waals surface area contributed by atoms with Crippen LogP contribution in [-0.2, 0) is 6.54 Å². The molecular formula is C18H18FN3O. The molecule has 0 aliphatic carbocycles. The van der Waals surface area contributed by atoms with Gasteiger partial charge >= 0.3 is 6.03 Å². The molecular weight excluding hydrogens is 293 g/mol. The molecule has 1 aromatic heterocycles. The van der Waals surface area contributed by atoms with Gasteiger partial charge in [0.2, 0.25) is 0 Å². The molecule has 0 spiro atoms. The molecule has 5 heteroatoms. The number of aryl methyl sites for hydroxylation is 2. The summed E-state index contributed by atoms with van der Waals surface area (Å²) in [6, 6.07) is 11.4. The lowest BCUT2D eigenvalue weighted by Crippen LogP contribution is -2.28. The summed E-state index contributed by atoms with van der Waals surface area (Å²) in [5, 5.41) is 6.64. The average molecular weight is 311 g/mol. The smallest absolute Gasteiger partial charge is 0.319 e. The maximum atomic E-state index is 12.8. The molecule has 0 bridgehead atoms. The van der Waals surface area contributed by atoms with Gasteiger partial charge in [0.15, 0.2) is 0 Å². The number of urea groups is 1. The monoisotopic (exact) mass is 311 g/mol. The van der Waals surface area contributed by atoms with Gasteiger partial charge < -0.3 is 15.6 Å². The summed E-state index contributed by atoms with van der Waals surface area (Å²) in [6.07, 6.45) is 0. The Bertz CT molecular complexity index is 853. The number of aromatic nitrogens is 1. The maximum absolute atomic E-state index is 12.8. The number of benzene rings is 2. The molecule has 3 N–H and O–H groups in total. The van der Waals surface area contributed by atoms with E-state index in [0.717, 1.165) is 16.8 Å². The molecule has 1 heterocycles. The van der Waals surface area contributed by atoms with Gasteiger partial charge in [0.05, 0.1) is 0 Å². The number of aromatic amines is 1. The van der Waals surface area contributed by atoms with Crippen molar-refractivity contribution in [1.82, 2.24) is 10.3 Å². The highest BCUT2D eigenvalue weighted by molar-refractivity contribution is 5.89. The molecule has 0 aliphatic heterocycles. The first-order valence-electron chi connectivity index (χ1n) is 7.41. The maximum Gasteiger partial charge on any atom is 0.319 e. The average Bonchev–Trinajstić information content (AvgIpc) is 2.82. The Hall–Kier alpha value is -2.82. The van der Waals surface area contributed by atoms with Crippen LogP contribution in [0.15, 0.2) is 42.5 Å². The van der Waals surface area contributed by atoms with Crippen molar-refractivity contribution in [3.8, 4) is 0 Å². The minimum Gasteiger partial charge on any atom is -0.358 e. The van der Waals surface area contributed by atoms with E-state index in [4.69, 9.17) is 0 Å². The Kier molecular flexibility index (Phi) is 4.02. The van der Waals surface area contributed by atoms with E-state index in [2.05, 4.69) is 28.6 Å². The third-order valence-corrected chi connectivity index (χ3v) is 3.93. The number of halogens is 1. The normalized spacial score (nSPS) is 10.7. The first-order valence-corrected chi connectivity index (χ1v) is 7.41. The number of carbonyl (C=O) groups is 1. The molecule has 2 aromatic carbocycles. The first-order chi connectivity index (χ1) is 11.0. The largest absolute Gasteiger partial charge is 0.358 e. The topological polar surface area (TPSA) is 56.9 Å². The SMILES string of the molecule is Cc1[nH]c2ccc(CNC(=O)Nc3ccc(F)cc3)cc2c1C. The highest BCUT2D eigenvalue weighted by Gasteiger charge is 2.06. The van der Waals surface area contributed by atoms with Crippen LogP contribution in [0.2, 0.25) is 0 Å². The number of carbonyl (C=O) groups excluding carboxylic acids is 1. The van der Waals surface area contributed by atoms with Crippen LogP contribution in [0.4, 0.5) is 14.9 Å². The van der Waals surface area contributed by atoms with Crippen LogP contribution in [0.1, 0.15) is 16.8 Å². The van der Waals surface area contributed by atoms with Gasteiger partial charge in [0, 0.05) is 28.8 Å². The summed E-state index contributed by atoms with van der Waals surface area (Å²) in [5.41, 5.74) is 5.04. The molecule has 2 amide bonds. The molecule has 23 heavy (non-hydrogen) atoms. The summed E-state index contributed by atoms with van der Waals surface area (Å²) in [4.78, 5) is 15.2. The van der Waals surface area contributed by atoms with E-state index in [0.29, 0.717) is 12.2 Å². The molecule has 0 saturated heterocycles. The van der Waals surface area contributed by atoms with Crippen molar-refractivity contribution in [2.75, 3.05) is 5.32 Å². The van der Waals surface area contributed by atoms with Gasteiger partial charge in [-0.3, -0.25) is 0 Å². The second-order valence-corrected chi connectivity index (χ2v) is 5.57. The second-order valence-electron chi connectivity index (χ2n) is 5.57. The Morgan fingerprint density at radius 2 is 1.87 bits per heavy atom. The van der Waals surface area contributed by atoms with Crippen LogP contribution in [0.5, 0.6) is 0 Å². The predicted octanol–water partition coefficient (Wildman–Crippen LogP) is 4.25. The van der Waals surface area contributed by atoms with Crippen molar-refractivity contribution < 1.29 is 9.18 Å². The molecule has 0 saturated carbocycles. The van der Waals surface area contributed by atoms with Crippen molar-refractivity contribution in [1.29, 1.82) is 0 Å². The summed E-state index contributed by atoms with van der Waals surface area (Å²) in [7, 11) is 0. The zero-order valence-corrected chi connectivity index (χ0v) is 13.0. The number of hydrogen-bond donors (Lipinski definition) is 3. The zero-order chi connectivity index (χ0) is 16.4. The quantitative estimate of drug-likeness (QED) is 0.665. The van der Waals surface area contributed by atoms with Gasteiger partial charge in [-0.1, -0.05) is 6.07 Å². The zero-order valence-electron chi connectivity index (χ0n) is 13.0. The fraction of sp³-hybridized carbons (Fsp3) is 0.167. The Balaban J connectivity index is 1.64. The molecule has 0 aliphatic rings. The van der Waals surface area contributed by atoms with Crippen molar-refractivity contribution >= 4 is 22.6 Å². The number of fused-ring (bicyclic) bond motifs is 1. The lowest BCUT2D eigenvalue weighted by Gasteiger charge is -2.08. The van der Waals surface area contributed by atoms with Crippen LogP contribution in [-0.4, -0.2) is 11.0 Å². The molecule has 3 aromatic rings. The number of hydrogen-bond acceptors (Lipinski definition) is 1. The molecule has 4 nitrogen and oxygen atoms in total. The van der Waals surface area contributed by atoms with Crippen LogP contribution >= 0.6 is 0 Å². The van der Waals surface area contributed by atoms with Crippen molar-refractivity contribution in [3.63, 3.8) is 0 Å². The Morgan fingerprint density at radius 1 is 1.13 bits per heavy atom. The van der Waals surface area contributed by atoms with E-state index in [1.165, 1.54) is 35.2 Å². The van der Waals surface area contributed by atoms with E-state index < -0.39 is 0 Å². The molecule has 0 radical (unpaired) electrons. The van der Waals surface area contributed by atoms with Crippen LogP contribution < -0.4 is 10.6 Å². The minimum absolute atomic E-state index is 0.321. The third-order valence-electron chi connectivity index (χ3n) is 3.93. The molecule has 0 unspecified atom stereocenters. The molecule has 0 atom stereocenters. The fourth-order valence-electron chi connectivity index (χ4n) is 2.51. The van der Waals surface area contributed by atoms with E-state index in [9.17, 15) is 9.18 Å². The van der Waals surface area contributed by atoms with E-state index >= 15 is 0 Å². The standard InChI is InChI=1S/C18H18FN3O/c1-11-12(2)21-17-8-3-13(9-16(11)17)10-20-18(23)22-15-6-4-14(19)5-7-15/h3-9,21H,10H2,1-2H3,(H2,20,22,23). The van der Waals surface area contributed by atoms with Crippen molar-refractivity contribution in [2.45, 2.75) is 20.4 Å². The minimum atomic E-state index is -0.332.